The van der Waals surface area contributed by atoms with Crippen molar-refractivity contribution >= 4 is 5.91 Å². The number of nitrogens with zero attached hydrogens (tertiary/aromatic N) is 1. The second kappa shape index (κ2) is 8.02. The summed E-state index contributed by atoms with van der Waals surface area (Å²) >= 11 is 0. The van der Waals surface area contributed by atoms with Crippen molar-refractivity contribution in [3.63, 3.8) is 0 Å². The normalized spacial score (nSPS) is 12.8. The molecule has 0 radical (unpaired) electrons. The molecule has 1 amide bonds. The fourth-order valence-electron chi connectivity index (χ4n) is 2.19. The minimum atomic E-state index is -0.181. The van der Waals surface area contributed by atoms with Gasteiger partial charge in [-0.2, -0.15) is 0 Å². The van der Waals surface area contributed by atoms with Crippen LogP contribution in [0.25, 0.3) is 0 Å². The molecular weight excluding hydrogens is 252 g/mol. The molecule has 112 valence electrons. The molecule has 0 fully saturated rings. The fraction of sp³-hybridized carbons (Fsp3) is 0.562. The van der Waals surface area contributed by atoms with E-state index in [9.17, 15) is 9.90 Å². The summed E-state index contributed by atoms with van der Waals surface area (Å²) in [6.07, 6.45) is 0.777. The standard InChI is InChI=1S/C16H26N2O2/c1-12(2)8-15(11-19)17-16(20)14-7-5-6-13(9-14)10-18(3)4/h5-7,9,12,15,19H,8,10-11H2,1-4H3,(H,17,20). The lowest BCUT2D eigenvalue weighted by Gasteiger charge is -2.18. The number of nitrogens with one attached hydrogen (secondary N) is 1. The van der Waals surface area contributed by atoms with Gasteiger partial charge < -0.3 is 15.3 Å². The third kappa shape index (κ3) is 5.72. The third-order valence-corrected chi connectivity index (χ3v) is 3.00. The molecule has 4 heteroatoms. The van der Waals surface area contributed by atoms with Crippen molar-refractivity contribution in [2.75, 3.05) is 20.7 Å². The van der Waals surface area contributed by atoms with Gasteiger partial charge in [-0.25, -0.2) is 0 Å². The molecule has 0 heterocycles. The van der Waals surface area contributed by atoms with Gasteiger partial charge in [0, 0.05) is 12.1 Å². The monoisotopic (exact) mass is 278 g/mol. The van der Waals surface area contributed by atoms with E-state index < -0.39 is 0 Å². The molecule has 0 aliphatic carbocycles. The van der Waals surface area contributed by atoms with Gasteiger partial charge in [0.1, 0.15) is 0 Å². The summed E-state index contributed by atoms with van der Waals surface area (Å²) < 4.78 is 0. The lowest BCUT2D eigenvalue weighted by Crippen LogP contribution is -2.38. The van der Waals surface area contributed by atoms with Crippen LogP contribution >= 0.6 is 0 Å². The zero-order chi connectivity index (χ0) is 15.1. The van der Waals surface area contributed by atoms with Crippen molar-refractivity contribution in [3.8, 4) is 0 Å². The van der Waals surface area contributed by atoms with Gasteiger partial charge in [0.25, 0.3) is 5.91 Å². The number of hydrogen-bond donors (Lipinski definition) is 2. The van der Waals surface area contributed by atoms with E-state index in [1.807, 2.05) is 32.3 Å². The number of carbonyl (C=O) groups excluding carboxylic acids is 1. The van der Waals surface area contributed by atoms with Gasteiger partial charge in [0.15, 0.2) is 0 Å². The number of benzene rings is 1. The molecule has 0 aliphatic rings. The second-order valence-electron chi connectivity index (χ2n) is 5.92. The van der Waals surface area contributed by atoms with Crippen molar-refractivity contribution in [2.45, 2.75) is 32.9 Å². The van der Waals surface area contributed by atoms with Crippen LogP contribution < -0.4 is 5.32 Å². The Hall–Kier alpha value is -1.39. The third-order valence-electron chi connectivity index (χ3n) is 3.00. The van der Waals surface area contributed by atoms with Crippen LogP contribution in [0.15, 0.2) is 24.3 Å². The Morgan fingerprint density at radius 3 is 2.60 bits per heavy atom. The molecule has 0 aromatic heterocycles. The minimum absolute atomic E-state index is 0.0265. The first kappa shape index (κ1) is 16.7. The van der Waals surface area contributed by atoms with Crippen molar-refractivity contribution < 1.29 is 9.90 Å². The number of rotatable bonds is 7. The van der Waals surface area contributed by atoms with Gasteiger partial charge in [0.05, 0.1) is 12.6 Å². The SMILES string of the molecule is CC(C)CC(CO)NC(=O)c1cccc(CN(C)C)c1. The van der Waals surface area contributed by atoms with E-state index in [4.69, 9.17) is 0 Å². The number of amides is 1. The average Bonchev–Trinajstić information content (AvgIpc) is 2.36. The van der Waals surface area contributed by atoms with E-state index in [1.165, 1.54) is 0 Å². The summed E-state index contributed by atoms with van der Waals surface area (Å²) in [7, 11) is 3.99. The van der Waals surface area contributed by atoms with Gasteiger partial charge >= 0.3 is 0 Å². The maximum absolute atomic E-state index is 12.2. The van der Waals surface area contributed by atoms with Crippen molar-refractivity contribution in [1.82, 2.24) is 10.2 Å². The van der Waals surface area contributed by atoms with E-state index in [0.717, 1.165) is 18.5 Å². The van der Waals surface area contributed by atoms with E-state index in [1.54, 1.807) is 6.07 Å². The summed E-state index contributed by atoms with van der Waals surface area (Å²) in [4.78, 5) is 14.3. The van der Waals surface area contributed by atoms with Crippen LogP contribution in [-0.2, 0) is 6.54 Å². The first-order chi connectivity index (χ1) is 9.42. The minimum Gasteiger partial charge on any atom is -0.394 e. The summed E-state index contributed by atoms with van der Waals surface area (Å²) in [6.45, 7) is 4.93. The molecule has 1 aromatic carbocycles. The molecule has 1 atom stereocenters. The summed E-state index contributed by atoms with van der Waals surface area (Å²) in [5.74, 6) is 0.317. The smallest absolute Gasteiger partial charge is 0.251 e. The van der Waals surface area contributed by atoms with Crippen LogP contribution in [0.2, 0.25) is 0 Å². The van der Waals surface area contributed by atoms with Crippen LogP contribution in [0, 0.1) is 5.92 Å². The first-order valence-corrected chi connectivity index (χ1v) is 7.07. The summed E-state index contributed by atoms with van der Waals surface area (Å²) in [5.41, 5.74) is 1.75. The van der Waals surface area contributed by atoms with E-state index in [2.05, 4.69) is 24.1 Å². The van der Waals surface area contributed by atoms with Gasteiger partial charge in [-0.15, -0.1) is 0 Å². The van der Waals surface area contributed by atoms with E-state index in [-0.39, 0.29) is 18.6 Å². The Balaban J connectivity index is 2.71. The molecule has 0 aliphatic heterocycles. The van der Waals surface area contributed by atoms with Crippen LogP contribution in [0.1, 0.15) is 36.2 Å². The Bertz CT molecular complexity index is 430. The number of aliphatic hydroxyl groups excluding tert-OH is 1. The molecule has 0 saturated heterocycles. The van der Waals surface area contributed by atoms with Crippen LogP contribution in [0.5, 0.6) is 0 Å². The zero-order valence-corrected chi connectivity index (χ0v) is 12.9. The second-order valence-corrected chi connectivity index (χ2v) is 5.92. The molecule has 0 spiro atoms. The number of carbonyl (C=O) groups is 1. The van der Waals surface area contributed by atoms with Crippen molar-refractivity contribution in [3.05, 3.63) is 35.4 Å². The van der Waals surface area contributed by atoms with Crippen LogP contribution in [0.4, 0.5) is 0 Å². The molecule has 1 unspecified atom stereocenters. The van der Waals surface area contributed by atoms with Crippen LogP contribution in [-0.4, -0.2) is 42.7 Å². The summed E-state index contributed by atoms with van der Waals surface area (Å²) in [6, 6.07) is 7.43. The maximum Gasteiger partial charge on any atom is 0.251 e. The van der Waals surface area contributed by atoms with Gasteiger partial charge in [0.2, 0.25) is 0 Å². The lowest BCUT2D eigenvalue weighted by molar-refractivity contribution is 0.0908. The van der Waals surface area contributed by atoms with Crippen molar-refractivity contribution in [2.24, 2.45) is 5.92 Å². The lowest BCUT2D eigenvalue weighted by atomic mass is 10.0. The number of hydrogen-bond acceptors (Lipinski definition) is 3. The Labute approximate surface area is 121 Å². The molecule has 1 rings (SSSR count). The van der Waals surface area contributed by atoms with Gasteiger partial charge in [-0.3, -0.25) is 4.79 Å². The molecule has 20 heavy (non-hydrogen) atoms. The highest BCUT2D eigenvalue weighted by Gasteiger charge is 2.14. The van der Waals surface area contributed by atoms with E-state index >= 15 is 0 Å². The highest BCUT2D eigenvalue weighted by atomic mass is 16.3. The predicted octanol–water partition coefficient (Wildman–Crippen LogP) is 1.89. The average molecular weight is 278 g/mol. The summed E-state index contributed by atoms with van der Waals surface area (Å²) in [5, 5.41) is 12.2. The fourth-order valence-corrected chi connectivity index (χ4v) is 2.19. The highest BCUT2D eigenvalue weighted by molar-refractivity contribution is 5.94. The van der Waals surface area contributed by atoms with Crippen molar-refractivity contribution in [1.29, 1.82) is 0 Å². The van der Waals surface area contributed by atoms with Crippen LogP contribution in [0.3, 0.4) is 0 Å². The molecular formula is C16H26N2O2. The largest absolute Gasteiger partial charge is 0.394 e. The Morgan fingerprint density at radius 1 is 1.35 bits per heavy atom. The Morgan fingerprint density at radius 2 is 2.05 bits per heavy atom. The topological polar surface area (TPSA) is 52.6 Å². The predicted molar refractivity (Wildman–Crippen MR) is 81.6 cm³/mol. The Kier molecular flexibility index (Phi) is 6.68. The molecule has 0 saturated carbocycles. The molecule has 0 bridgehead atoms. The van der Waals surface area contributed by atoms with Gasteiger partial charge in [-0.05, 0) is 44.1 Å². The quantitative estimate of drug-likeness (QED) is 0.801. The molecule has 1 aromatic rings. The highest BCUT2D eigenvalue weighted by Crippen LogP contribution is 2.09. The number of aliphatic hydroxyl groups is 1. The molecule has 4 nitrogen and oxygen atoms in total. The van der Waals surface area contributed by atoms with Gasteiger partial charge in [-0.1, -0.05) is 26.0 Å². The van der Waals surface area contributed by atoms with E-state index in [0.29, 0.717) is 11.5 Å². The molecule has 2 N–H and O–H groups in total. The first-order valence-electron chi connectivity index (χ1n) is 7.07. The zero-order valence-electron chi connectivity index (χ0n) is 12.9. The maximum atomic E-state index is 12.2.